The topological polar surface area (TPSA) is 141 Å². The van der Waals surface area contributed by atoms with Crippen LogP contribution in [0.5, 0.6) is 5.75 Å². The van der Waals surface area contributed by atoms with E-state index in [-0.39, 0.29) is 22.5 Å². The first-order valence-electron chi connectivity index (χ1n) is 6.53. The van der Waals surface area contributed by atoms with Gasteiger partial charge in [0.2, 0.25) is 0 Å². The van der Waals surface area contributed by atoms with Crippen LogP contribution in [0.2, 0.25) is 0 Å². The Hall–Kier alpha value is -3.82. The smallest absolute Gasteiger partial charge is 0.282 e. The number of nitro benzene ring substituents is 2. The largest absolute Gasteiger partial charge is 0.507 e. The molecule has 0 aliphatic carbocycles. The van der Waals surface area contributed by atoms with Crippen molar-refractivity contribution in [2.75, 3.05) is 0 Å². The van der Waals surface area contributed by atoms with Gasteiger partial charge in [-0.1, -0.05) is 0 Å². The van der Waals surface area contributed by atoms with Crippen molar-refractivity contribution in [3.8, 4) is 5.75 Å². The van der Waals surface area contributed by atoms with Crippen LogP contribution in [0.3, 0.4) is 0 Å². The van der Waals surface area contributed by atoms with Crippen LogP contribution in [-0.2, 0) is 0 Å². The molecule has 3 rings (SSSR count). The Morgan fingerprint density at radius 1 is 1.04 bits per heavy atom. The van der Waals surface area contributed by atoms with Crippen LogP contribution in [0.25, 0.3) is 10.9 Å². The second-order valence-corrected chi connectivity index (χ2v) is 4.82. The van der Waals surface area contributed by atoms with E-state index in [2.05, 4.69) is 5.10 Å². The number of nitrogens with zero attached hydrogens (tertiary/aromatic N) is 4. The highest BCUT2D eigenvalue weighted by molar-refractivity contribution is 6.03. The number of benzene rings is 2. The molecule has 0 fully saturated rings. The highest BCUT2D eigenvalue weighted by Gasteiger charge is 2.21. The number of nitro groups is 2. The number of aromatic hydroxyl groups is 1. The van der Waals surface area contributed by atoms with E-state index in [1.54, 1.807) is 0 Å². The zero-order chi connectivity index (χ0) is 17.4. The van der Waals surface area contributed by atoms with Gasteiger partial charge in [0.05, 0.1) is 27.1 Å². The Balaban J connectivity index is 2.15. The van der Waals surface area contributed by atoms with Crippen molar-refractivity contribution in [3.63, 3.8) is 0 Å². The van der Waals surface area contributed by atoms with Crippen molar-refractivity contribution >= 4 is 28.2 Å². The summed E-state index contributed by atoms with van der Waals surface area (Å²) < 4.78 is 0.848. The van der Waals surface area contributed by atoms with Gasteiger partial charge in [-0.15, -0.1) is 0 Å². The summed E-state index contributed by atoms with van der Waals surface area (Å²) in [5.41, 5.74) is -0.792. The molecule has 10 nitrogen and oxygen atoms in total. The molecule has 24 heavy (non-hydrogen) atoms. The predicted octanol–water partition coefficient (Wildman–Crippen LogP) is 2.25. The molecule has 3 aromatic rings. The lowest BCUT2D eigenvalue weighted by Crippen LogP contribution is -2.14. The molecule has 1 heterocycles. The summed E-state index contributed by atoms with van der Waals surface area (Å²) in [6.45, 7) is 0. The van der Waals surface area contributed by atoms with Gasteiger partial charge in [0.25, 0.3) is 17.3 Å². The number of carbonyl (C=O) groups excluding carboxylic acids is 1. The van der Waals surface area contributed by atoms with E-state index >= 15 is 0 Å². The first-order valence-corrected chi connectivity index (χ1v) is 6.53. The highest BCUT2D eigenvalue weighted by Crippen LogP contribution is 2.26. The molecule has 1 aromatic heterocycles. The summed E-state index contributed by atoms with van der Waals surface area (Å²) in [6, 6.07) is 6.86. The van der Waals surface area contributed by atoms with Gasteiger partial charge in [0, 0.05) is 29.7 Å². The molecule has 0 radical (unpaired) electrons. The van der Waals surface area contributed by atoms with E-state index < -0.39 is 21.5 Å². The van der Waals surface area contributed by atoms with Gasteiger partial charge in [-0.3, -0.25) is 25.0 Å². The van der Waals surface area contributed by atoms with Crippen LogP contribution in [0.4, 0.5) is 11.4 Å². The van der Waals surface area contributed by atoms with Crippen LogP contribution in [-0.4, -0.2) is 30.6 Å². The molecule has 0 unspecified atom stereocenters. The van der Waals surface area contributed by atoms with Gasteiger partial charge in [-0.2, -0.15) is 9.78 Å². The number of carbonyl (C=O) groups is 1. The normalized spacial score (nSPS) is 10.7. The summed E-state index contributed by atoms with van der Waals surface area (Å²) in [5, 5.41) is 35.8. The van der Waals surface area contributed by atoms with Gasteiger partial charge in [-0.25, -0.2) is 0 Å². The van der Waals surface area contributed by atoms with Crippen molar-refractivity contribution in [1.29, 1.82) is 0 Å². The minimum Gasteiger partial charge on any atom is -0.507 e. The quantitative estimate of drug-likeness (QED) is 0.574. The number of rotatable bonds is 3. The summed E-state index contributed by atoms with van der Waals surface area (Å²) in [4.78, 5) is 32.9. The standard InChI is InChI=1S/C14H8N4O6/c19-13-4-3-9(17(21)22)5-11(13)14(20)16-12-6-10(18(23)24)2-1-8(12)7-15-16/h1-7,19H. The number of hydrogen-bond acceptors (Lipinski definition) is 7. The molecular formula is C14H8N4O6. The lowest BCUT2D eigenvalue weighted by molar-refractivity contribution is -0.385. The SMILES string of the molecule is O=C(c1cc([N+](=O)[O-])ccc1O)n1ncc2ccc([N+](=O)[O-])cc21. The van der Waals surface area contributed by atoms with E-state index in [0.29, 0.717) is 5.39 Å². The number of phenolic OH excluding ortho intramolecular Hbond substituents is 1. The fraction of sp³-hybridized carbons (Fsp3) is 0. The zero-order valence-electron chi connectivity index (χ0n) is 11.8. The molecular weight excluding hydrogens is 320 g/mol. The molecule has 0 saturated heterocycles. The first-order chi connectivity index (χ1) is 11.4. The maximum Gasteiger partial charge on any atom is 0.282 e. The molecule has 0 amide bonds. The number of phenols is 1. The minimum absolute atomic E-state index is 0.153. The van der Waals surface area contributed by atoms with Crippen molar-refractivity contribution in [3.05, 3.63) is 68.4 Å². The van der Waals surface area contributed by atoms with Crippen molar-refractivity contribution in [2.45, 2.75) is 0 Å². The molecule has 0 bridgehead atoms. The molecule has 0 aliphatic heterocycles. The fourth-order valence-electron chi connectivity index (χ4n) is 2.21. The zero-order valence-corrected chi connectivity index (χ0v) is 11.8. The molecule has 0 atom stereocenters. The van der Waals surface area contributed by atoms with Crippen LogP contribution in [0.15, 0.2) is 42.6 Å². The summed E-state index contributed by atoms with van der Waals surface area (Å²) in [7, 11) is 0. The van der Waals surface area contributed by atoms with Gasteiger partial charge >= 0.3 is 0 Å². The molecule has 0 saturated carbocycles. The summed E-state index contributed by atoms with van der Waals surface area (Å²) in [5.74, 6) is -1.30. The molecule has 0 spiro atoms. The highest BCUT2D eigenvalue weighted by atomic mass is 16.6. The van der Waals surface area contributed by atoms with E-state index in [1.807, 2.05) is 0 Å². The predicted molar refractivity (Wildman–Crippen MR) is 80.9 cm³/mol. The molecule has 1 N–H and O–H groups in total. The Labute approximate surface area is 132 Å². The van der Waals surface area contributed by atoms with Crippen molar-refractivity contribution in [2.24, 2.45) is 0 Å². The van der Waals surface area contributed by atoms with Gasteiger partial charge < -0.3 is 5.11 Å². The minimum atomic E-state index is -0.841. The molecule has 10 heteroatoms. The van der Waals surface area contributed by atoms with E-state index in [9.17, 15) is 30.1 Å². The molecule has 0 aliphatic rings. The Bertz CT molecular complexity index is 1010. The number of fused-ring (bicyclic) bond motifs is 1. The average molecular weight is 328 g/mol. The van der Waals surface area contributed by atoms with Crippen molar-refractivity contribution < 1.29 is 19.7 Å². The fourth-order valence-corrected chi connectivity index (χ4v) is 2.21. The maximum atomic E-state index is 12.5. The molecule has 120 valence electrons. The Morgan fingerprint density at radius 2 is 1.67 bits per heavy atom. The van der Waals surface area contributed by atoms with Gasteiger partial charge in [0.15, 0.2) is 0 Å². The van der Waals surface area contributed by atoms with Gasteiger partial charge in [-0.05, 0) is 12.1 Å². The van der Waals surface area contributed by atoms with Crippen LogP contribution >= 0.6 is 0 Å². The lowest BCUT2D eigenvalue weighted by Gasteiger charge is -2.05. The maximum absolute atomic E-state index is 12.5. The van der Waals surface area contributed by atoms with Crippen LogP contribution < -0.4 is 0 Å². The summed E-state index contributed by atoms with van der Waals surface area (Å²) >= 11 is 0. The Kier molecular flexibility index (Phi) is 3.41. The third-order valence-electron chi connectivity index (χ3n) is 3.38. The molecule has 2 aromatic carbocycles. The second kappa shape index (κ2) is 5.43. The van der Waals surface area contributed by atoms with E-state index in [4.69, 9.17) is 0 Å². The summed E-state index contributed by atoms with van der Waals surface area (Å²) in [6.07, 6.45) is 1.32. The average Bonchev–Trinajstić information content (AvgIpc) is 2.97. The van der Waals surface area contributed by atoms with Crippen LogP contribution in [0, 0.1) is 20.2 Å². The third kappa shape index (κ3) is 2.41. The monoisotopic (exact) mass is 328 g/mol. The number of hydrogen-bond donors (Lipinski definition) is 1. The number of aromatic nitrogens is 2. The van der Waals surface area contributed by atoms with E-state index in [1.165, 1.54) is 18.3 Å². The number of non-ortho nitro benzene ring substituents is 2. The second-order valence-electron chi connectivity index (χ2n) is 4.82. The Morgan fingerprint density at radius 3 is 2.33 bits per heavy atom. The third-order valence-corrected chi connectivity index (χ3v) is 3.38. The lowest BCUT2D eigenvalue weighted by atomic mass is 10.1. The van der Waals surface area contributed by atoms with Crippen LogP contribution in [0.1, 0.15) is 10.4 Å². The van der Waals surface area contributed by atoms with Crippen molar-refractivity contribution in [1.82, 2.24) is 9.78 Å². The first kappa shape index (κ1) is 15.1. The van der Waals surface area contributed by atoms with E-state index in [0.717, 1.165) is 28.9 Å². The van der Waals surface area contributed by atoms with Gasteiger partial charge in [0.1, 0.15) is 5.75 Å².